The van der Waals surface area contributed by atoms with Crippen LogP contribution in [0.3, 0.4) is 0 Å². The Kier molecular flexibility index (Phi) is 3.69. The van der Waals surface area contributed by atoms with E-state index in [0.29, 0.717) is 27.5 Å². The number of anilines is 1. The molecule has 0 radical (unpaired) electrons. The minimum Gasteiger partial charge on any atom is -0.380 e. The molecule has 3 nitrogen and oxygen atoms in total. The summed E-state index contributed by atoms with van der Waals surface area (Å²) in [6.07, 6.45) is 0. The maximum atomic E-state index is 14.0. The Labute approximate surface area is 133 Å². The van der Waals surface area contributed by atoms with Crippen molar-refractivity contribution < 1.29 is 8.91 Å². The Morgan fingerprint density at radius 3 is 2.67 bits per heavy atom. The van der Waals surface area contributed by atoms with Gasteiger partial charge in [-0.25, -0.2) is 4.39 Å². The van der Waals surface area contributed by atoms with Crippen LogP contribution in [0.1, 0.15) is 0 Å². The molecule has 0 amide bonds. The van der Waals surface area contributed by atoms with Gasteiger partial charge >= 0.3 is 0 Å². The number of halogens is 3. The Hall–Kier alpha value is -1.85. The van der Waals surface area contributed by atoms with Crippen LogP contribution in [-0.4, -0.2) is 5.16 Å². The summed E-state index contributed by atoms with van der Waals surface area (Å²) in [5, 5.41) is 4.21. The smallest absolute Gasteiger partial charge is 0.178 e. The fourth-order valence-electron chi connectivity index (χ4n) is 2.08. The van der Waals surface area contributed by atoms with Gasteiger partial charge in [-0.05, 0) is 24.3 Å². The number of nitrogens with two attached hydrogens (primary N) is 1. The van der Waals surface area contributed by atoms with Crippen molar-refractivity contribution in [1.29, 1.82) is 0 Å². The van der Waals surface area contributed by atoms with E-state index in [1.54, 1.807) is 36.4 Å². The molecule has 0 saturated heterocycles. The molecule has 0 atom stereocenters. The van der Waals surface area contributed by atoms with E-state index in [1.807, 2.05) is 0 Å². The van der Waals surface area contributed by atoms with E-state index in [4.69, 9.17) is 21.9 Å². The van der Waals surface area contributed by atoms with Crippen molar-refractivity contribution in [2.24, 2.45) is 0 Å². The molecule has 3 rings (SSSR count). The van der Waals surface area contributed by atoms with Crippen LogP contribution in [0.15, 0.2) is 51.5 Å². The standard InChI is InChI=1S/C15H9BrClFN2O/c16-8-5-6-11(17)10(7-8)14-13(15(19)20-21-14)9-3-1-2-4-12(9)18/h1-7H,(H2,19,20). The lowest BCUT2D eigenvalue weighted by Gasteiger charge is -2.06. The Balaban J connectivity index is 2.27. The summed E-state index contributed by atoms with van der Waals surface area (Å²) in [4.78, 5) is 0. The summed E-state index contributed by atoms with van der Waals surface area (Å²) >= 11 is 9.57. The lowest BCUT2D eigenvalue weighted by atomic mass is 10.0. The highest BCUT2D eigenvalue weighted by molar-refractivity contribution is 9.10. The summed E-state index contributed by atoms with van der Waals surface area (Å²) in [5.41, 5.74) is 7.15. The molecule has 0 fully saturated rings. The maximum absolute atomic E-state index is 14.0. The van der Waals surface area contributed by atoms with Gasteiger partial charge in [0.1, 0.15) is 5.82 Å². The first-order chi connectivity index (χ1) is 10.1. The lowest BCUT2D eigenvalue weighted by molar-refractivity contribution is 0.436. The van der Waals surface area contributed by atoms with Crippen molar-refractivity contribution in [2.45, 2.75) is 0 Å². The van der Waals surface area contributed by atoms with E-state index >= 15 is 0 Å². The van der Waals surface area contributed by atoms with Gasteiger partial charge in [-0.1, -0.05) is 50.9 Å². The van der Waals surface area contributed by atoms with E-state index in [-0.39, 0.29) is 5.82 Å². The van der Waals surface area contributed by atoms with Gasteiger partial charge in [-0.3, -0.25) is 0 Å². The Morgan fingerprint density at radius 2 is 1.90 bits per heavy atom. The summed E-state index contributed by atoms with van der Waals surface area (Å²) in [7, 11) is 0. The summed E-state index contributed by atoms with van der Waals surface area (Å²) in [6, 6.07) is 11.6. The lowest BCUT2D eigenvalue weighted by Crippen LogP contribution is -1.91. The molecule has 106 valence electrons. The number of nitrogens with zero attached hydrogens (tertiary/aromatic N) is 1. The van der Waals surface area contributed by atoms with E-state index in [0.717, 1.165) is 4.47 Å². The molecule has 0 aliphatic rings. The molecule has 21 heavy (non-hydrogen) atoms. The molecule has 3 aromatic rings. The van der Waals surface area contributed by atoms with Crippen LogP contribution in [0, 0.1) is 5.82 Å². The molecule has 0 aliphatic carbocycles. The Morgan fingerprint density at radius 1 is 1.14 bits per heavy atom. The molecule has 1 heterocycles. The molecule has 1 aromatic heterocycles. The number of hydrogen-bond donors (Lipinski definition) is 1. The van der Waals surface area contributed by atoms with Gasteiger partial charge in [0, 0.05) is 15.6 Å². The van der Waals surface area contributed by atoms with E-state index in [9.17, 15) is 4.39 Å². The van der Waals surface area contributed by atoms with E-state index < -0.39 is 5.82 Å². The van der Waals surface area contributed by atoms with Crippen LogP contribution in [-0.2, 0) is 0 Å². The second-order valence-electron chi connectivity index (χ2n) is 4.38. The van der Waals surface area contributed by atoms with Gasteiger partial charge in [-0.2, -0.15) is 0 Å². The van der Waals surface area contributed by atoms with Gasteiger partial charge < -0.3 is 10.3 Å². The number of nitrogen functional groups attached to an aromatic ring is 1. The highest BCUT2D eigenvalue weighted by Crippen LogP contribution is 2.41. The fourth-order valence-corrected chi connectivity index (χ4v) is 2.65. The number of rotatable bonds is 2. The third-order valence-electron chi connectivity index (χ3n) is 3.03. The fraction of sp³-hybridized carbons (Fsp3) is 0. The zero-order valence-electron chi connectivity index (χ0n) is 10.6. The predicted molar refractivity (Wildman–Crippen MR) is 84.5 cm³/mol. The molecular formula is C15H9BrClFN2O. The average Bonchev–Trinajstić information content (AvgIpc) is 2.84. The Bertz CT molecular complexity index is 819. The highest BCUT2D eigenvalue weighted by Gasteiger charge is 2.22. The van der Waals surface area contributed by atoms with Crippen molar-refractivity contribution >= 4 is 33.3 Å². The summed E-state index contributed by atoms with van der Waals surface area (Å²) < 4.78 is 20.1. The molecule has 2 aromatic carbocycles. The van der Waals surface area contributed by atoms with Crippen LogP contribution in [0.2, 0.25) is 5.02 Å². The molecule has 0 unspecified atom stereocenters. The third kappa shape index (κ3) is 2.54. The van der Waals surface area contributed by atoms with Crippen molar-refractivity contribution in [1.82, 2.24) is 5.16 Å². The van der Waals surface area contributed by atoms with Crippen LogP contribution in [0.25, 0.3) is 22.5 Å². The summed E-state index contributed by atoms with van der Waals surface area (Å²) in [6.45, 7) is 0. The molecule has 0 aliphatic heterocycles. The van der Waals surface area contributed by atoms with Gasteiger partial charge in [0.25, 0.3) is 0 Å². The number of benzene rings is 2. The molecule has 2 N–H and O–H groups in total. The van der Waals surface area contributed by atoms with Gasteiger partial charge in [-0.15, -0.1) is 0 Å². The number of aromatic nitrogens is 1. The molecule has 0 spiro atoms. The van der Waals surface area contributed by atoms with Crippen LogP contribution in [0.4, 0.5) is 10.2 Å². The van der Waals surface area contributed by atoms with Crippen LogP contribution < -0.4 is 5.73 Å². The van der Waals surface area contributed by atoms with E-state index in [2.05, 4.69) is 21.1 Å². The van der Waals surface area contributed by atoms with Crippen molar-refractivity contribution in [3.05, 3.63) is 57.8 Å². The van der Waals surface area contributed by atoms with Gasteiger partial charge in [0.05, 0.1) is 10.6 Å². The zero-order chi connectivity index (χ0) is 15.0. The number of hydrogen-bond acceptors (Lipinski definition) is 3. The molecule has 6 heteroatoms. The largest absolute Gasteiger partial charge is 0.380 e. The molecular weight excluding hydrogens is 359 g/mol. The SMILES string of the molecule is Nc1noc(-c2cc(Br)ccc2Cl)c1-c1ccccc1F. The van der Waals surface area contributed by atoms with Crippen molar-refractivity contribution in [2.75, 3.05) is 5.73 Å². The molecule has 0 saturated carbocycles. The first-order valence-corrected chi connectivity index (χ1v) is 7.20. The van der Waals surface area contributed by atoms with Crippen molar-refractivity contribution in [3.8, 4) is 22.5 Å². The first kappa shape index (κ1) is 14.1. The first-order valence-electron chi connectivity index (χ1n) is 6.03. The predicted octanol–water partition coefficient (Wildman–Crippen LogP) is 5.15. The zero-order valence-corrected chi connectivity index (χ0v) is 13.0. The van der Waals surface area contributed by atoms with Crippen molar-refractivity contribution in [3.63, 3.8) is 0 Å². The summed E-state index contributed by atoms with van der Waals surface area (Å²) in [5.74, 6) is 0.0508. The second-order valence-corrected chi connectivity index (χ2v) is 5.70. The minimum atomic E-state index is -0.403. The van der Waals surface area contributed by atoms with Gasteiger partial charge in [0.2, 0.25) is 0 Å². The second kappa shape index (κ2) is 5.50. The van der Waals surface area contributed by atoms with Crippen LogP contribution in [0.5, 0.6) is 0 Å². The molecule has 0 bridgehead atoms. The third-order valence-corrected chi connectivity index (χ3v) is 3.86. The normalized spacial score (nSPS) is 10.8. The topological polar surface area (TPSA) is 52.0 Å². The van der Waals surface area contributed by atoms with Crippen LogP contribution >= 0.6 is 27.5 Å². The van der Waals surface area contributed by atoms with Gasteiger partial charge in [0.15, 0.2) is 11.6 Å². The minimum absolute atomic E-state index is 0.117. The monoisotopic (exact) mass is 366 g/mol. The maximum Gasteiger partial charge on any atom is 0.178 e. The average molecular weight is 368 g/mol. The van der Waals surface area contributed by atoms with E-state index in [1.165, 1.54) is 6.07 Å². The quantitative estimate of drug-likeness (QED) is 0.682. The highest BCUT2D eigenvalue weighted by atomic mass is 79.9.